The molecule has 7 nitrogen and oxygen atoms in total. The zero-order valence-electron chi connectivity index (χ0n) is 13.4. The van der Waals surface area contributed by atoms with E-state index in [2.05, 4.69) is 15.0 Å². The molecule has 1 aromatic carbocycles. The van der Waals surface area contributed by atoms with Crippen LogP contribution in [0.2, 0.25) is 0 Å². The molecule has 122 valence electrons. The molecule has 0 aliphatic rings. The molecule has 8 heteroatoms. The van der Waals surface area contributed by atoms with Crippen LogP contribution in [0.15, 0.2) is 40.5 Å². The van der Waals surface area contributed by atoms with Gasteiger partial charge in [0.2, 0.25) is 6.20 Å². The van der Waals surface area contributed by atoms with Crippen molar-refractivity contribution >= 4 is 15.7 Å². The second-order valence-electron chi connectivity index (χ2n) is 5.32. The number of nitrogens with zero attached hydrogens (tertiary/aromatic N) is 3. The first-order chi connectivity index (χ1) is 10.7. The zero-order valence-corrected chi connectivity index (χ0v) is 14.2. The zero-order chi connectivity index (χ0) is 17.2. The molecule has 0 fully saturated rings. The SMILES string of the molecule is CC(=NNS(=O)(=O)c1c(C)cc(C)cc1C)c1ccc[n+]([O-])n1. The third kappa shape index (κ3) is 3.84. The molecule has 0 amide bonds. The highest BCUT2D eigenvalue weighted by Crippen LogP contribution is 2.21. The van der Waals surface area contributed by atoms with Crippen LogP contribution in [0.25, 0.3) is 0 Å². The minimum atomic E-state index is -3.80. The van der Waals surface area contributed by atoms with Crippen molar-refractivity contribution in [3.63, 3.8) is 0 Å². The number of hydrogen-bond acceptors (Lipinski definition) is 5. The number of benzene rings is 1. The molecule has 0 bridgehead atoms. The van der Waals surface area contributed by atoms with Crippen molar-refractivity contribution in [1.29, 1.82) is 0 Å². The molecule has 2 rings (SSSR count). The van der Waals surface area contributed by atoms with Gasteiger partial charge in [-0.2, -0.15) is 18.4 Å². The lowest BCUT2D eigenvalue weighted by molar-refractivity contribution is -0.669. The van der Waals surface area contributed by atoms with Crippen molar-refractivity contribution in [2.45, 2.75) is 32.6 Å². The third-order valence-electron chi connectivity index (χ3n) is 3.25. The van der Waals surface area contributed by atoms with Crippen molar-refractivity contribution in [3.05, 3.63) is 58.1 Å². The molecule has 1 heterocycles. The van der Waals surface area contributed by atoms with Crippen LogP contribution in [-0.4, -0.2) is 19.2 Å². The number of aryl methyl sites for hydroxylation is 3. The molecule has 23 heavy (non-hydrogen) atoms. The summed E-state index contributed by atoms with van der Waals surface area (Å²) in [6, 6.07) is 6.69. The van der Waals surface area contributed by atoms with Gasteiger partial charge in [-0.1, -0.05) is 22.5 Å². The van der Waals surface area contributed by atoms with Gasteiger partial charge in [0.05, 0.1) is 10.6 Å². The summed E-state index contributed by atoms with van der Waals surface area (Å²) in [4.78, 5) is 2.80. The maximum atomic E-state index is 12.5. The van der Waals surface area contributed by atoms with E-state index in [4.69, 9.17) is 0 Å². The Kier molecular flexibility index (Phi) is 4.65. The lowest BCUT2D eigenvalue weighted by Crippen LogP contribution is -2.32. The Hall–Kier alpha value is -2.48. The van der Waals surface area contributed by atoms with E-state index in [-0.39, 0.29) is 4.90 Å². The van der Waals surface area contributed by atoms with Gasteiger partial charge in [0.25, 0.3) is 10.0 Å². The van der Waals surface area contributed by atoms with Crippen LogP contribution in [0.4, 0.5) is 0 Å². The van der Waals surface area contributed by atoms with E-state index >= 15 is 0 Å². The summed E-state index contributed by atoms with van der Waals surface area (Å²) >= 11 is 0. The van der Waals surface area contributed by atoms with Gasteiger partial charge in [0, 0.05) is 11.2 Å². The molecule has 0 saturated heterocycles. The lowest BCUT2D eigenvalue weighted by Gasteiger charge is -2.11. The molecular weight excluding hydrogens is 316 g/mol. The van der Waals surface area contributed by atoms with Gasteiger partial charge in [-0.15, -0.1) is 0 Å². The Labute approximate surface area is 135 Å². The highest BCUT2D eigenvalue weighted by molar-refractivity contribution is 7.89. The first-order valence-electron chi connectivity index (χ1n) is 6.91. The van der Waals surface area contributed by atoms with Gasteiger partial charge < -0.3 is 5.21 Å². The summed E-state index contributed by atoms with van der Waals surface area (Å²) in [7, 11) is -3.80. The van der Waals surface area contributed by atoms with Crippen molar-refractivity contribution in [1.82, 2.24) is 9.93 Å². The fourth-order valence-corrected chi connectivity index (χ4v) is 3.71. The van der Waals surface area contributed by atoms with Gasteiger partial charge in [0.15, 0.2) is 5.69 Å². The molecular formula is C15H18N4O3S. The Bertz CT molecular complexity index is 853. The number of aromatic nitrogens is 2. The molecule has 0 spiro atoms. The number of hydrogen-bond donors (Lipinski definition) is 1. The summed E-state index contributed by atoms with van der Waals surface area (Å²) in [6.07, 6.45) is 1.24. The largest absolute Gasteiger partial charge is 0.594 e. The summed E-state index contributed by atoms with van der Waals surface area (Å²) in [5, 5.41) is 18.7. The van der Waals surface area contributed by atoms with E-state index in [1.807, 2.05) is 6.92 Å². The summed E-state index contributed by atoms with van der Waals surface area (Å²) < 4.78 is 25.0. The normalized spacial score (nSPS) is 12.3. The van der Waals surface area contributed by atoms with Crippen LogP contribution in [0.1, 0.15) is 29.3 Å². The highest BCUT2D eigenvalue weighted by Gasteiger charge is 2.19. The molecule has 0 radical (unpaired) electrons. The van der Waals surface area contributed by atoms with E-state index in [1.165, 1.54) is 12.3 Å². The number of sulfonamides is 1. The predicted molar refractivity (Wildman–Crippen MR) is 86.4 cm³/mol. The Balaban J connectivity index is 2.34. The Morgan fingerprint density at radius 1 is 1.26 bits per heavy atom. The highest BCUT2D eigenvalue weighted by atomic mass is 32.2. The number of hydrazone groups is 1. The van der Waals surface area contributed by atoms with E-state index < -0.39 is 10.0 Å². The smallest absolute Gasteiger partial charge is 0.277 e. The lowest BCUT2D eigenvalue weighted by atomic mass is 10.1. The topological polar surface area (TPSA) is 98.4 Å². The predicted octanol–water partition coefficient (Wildman–Crippen LogP) is 1.34. The van der Waals surface area contributed by atoms with Crippen LogP contribution in [-0.2, 0) is 10.0 Å². The van der Waals surface area contributed by atoms with E-state index in [0.29, 0.717) is 27.4 Å². The van der Waals surface area contributed by atoms with E-state index in [0.717, 1.165) is 5.56 Å². The average molecular weight is 334 g/mol. The Morgan fingerprint density at radius 2 is 1.87 bits per heavy atom. The molecule has 0 aliphatic carbocycles. The molecule has 0 aliphatic heterocycles. The van der Waals surface area contributed by atoms with Crippen molar-refractivity contribution in [2.24, 2.45) is 5.10 Å². The van der Waals surface area contributed by atoms with E-state index in [1.54, 1.807) is 39.0 Å². The number of nitrogens with one attached hydrogen (secondary N) is 1. The van der Waals surface area contributed by atoms with Gasteiger partial charge in [-0.25, -0.2) is 0 Å². The summed E-state index contributed by atoms with van der Waals surface area (Å²) in [6.45, 7) is 6.96. The first kappa shape index (κ1) is 16.9. The van der Waals surface area contributed by atoms with Crippen molar-refractivity contribution in [2.75, 3.05) is 0 Å². The minimum absolute atomic E-state index is 0.208. The van der Waals surface area contributed by atoms with Crippen LogP contribution >= 0.6 is 0 Å². The average Bonchev–Trinajstić information content (AvgIpc) is 2.43. The fourth-order valence-electron chi connectivity index (χ4n) is 2.40. The minimum Gasteiger partial charge on any atom is -0.594 e. The molecule has 1 aromatic heterocycles. The Morgan fingerprint density at radius 3 is 2.43 bits per heavy atom. The second kappa shape index (κ2) is 6.33. The van der Waals surface area contributed by atoms with Crippen LogP contribution < -0.4 is 9.68 Å². The van der Waals surface area contributed by atoms with Crippen LogP contribution in [0.3, 0.4) is 0 Å². The maximum Gasteiger partial charge on any atom is 0.277 e. The van der Waals surface area contributed by atoms with Gasteiger partial charge in [0.1, 0.15) is 0 Å². The first-order valence-corrected chi connectivity index (χ1v) is 8.40. The molecule has 0 unspecified atom stereocenters. The van der Waals surface area contributed by atoms with Crippen molar-refractivity contribution < 1.29 is 13.3 Å². The van der Waals surface area contributed by atoms with E-state index in [9.17, 15) is 13.6 Å². The molecule has 0 saturated carbocycles. The molecule has 2 aromatic rings. The van der Waals surface area contributed by atoms with Gasteiger partial charge in [-0.3, -0.25) is 0 Å². The second-order valence-corrected chi connectivity index (χ2v) is 6.91. The quantitative estimate of drug-likeness (QED) is 0.395. The van der Waals surface area contributed by atoms with Crippen molar-refractivity contribution in [3.8, 4) is 0 Å². The summed E-state index contributed by atoms with van der Waals surface area (Å²) in [5.41, 5.74) is 2.88. The monoisotopic (exact) mass is 334 g/mol. The molecule has 1 N–H and O–H groups in total. The number of rotatable bonds is 4. The van der Waals surface area contributed by atoms with Gasteiger partial charge in [-0.05, 0) is 44.9 Å². The maximum absolute atomic E-state index is 12.5. The van der Waals surface area contributed by atoms with Crippen LogP contribution in [0, 0.1) is 26.0 Å². The van der Waals surface area contributed by atoms with Gasteiger partial charge >= 0.3 is 0 Å². The van der Waals surface area contributed by atoms with Crippen LogP contribution in [0.5, 0.6) is 0 Å². The summed E-state index contributed by atoms with van der Waals surface area (Å²) in [5.74, 6) is 0. The standard InChI is InChI=1S/C15H18N4O3S/c1-10-8-11(2)15(12(3)9-10)23(21,22)18-16-13(4)14-6-5-7-19(20)17-14/h5-9,18H,1-4H3. The fraction of sp³-hybridized carbons (Fsp3) is 0.267. The molecule has 0 atom stereocenters. The third-order valence-corrected chi connectivity index (χ3v) is 4.76.